The lowest BCUT2D eigenvalue weighted by atomic mass is 9.91. The topological polar surface area (TPSA) is 412 Å². The largest absolute Gasteiger partial charge is 0.508 e. The van der Waals surface area contributed by atoms with Crippen molar-refractivity contribution in [2.75, 3.05) is 32.7 Å². The summed E-state index contributed by atoms with van der Waals surface area (Å²) in [5, 5.41) is 104. The average Bonchev–Trinajstić information content (AvgIpc) is 3.99. The number of benzene rings is 1. The van der Waals surface area contributed by atoms with Crippen molar-refractivity contribution in [2.45, 2.75) is 203 Å². The number of hydrogen-bond donors (Lipinski definition) is 16. The lowest BCUT2D eigenvalue weighted by Gasteiger charge is -2.34. The molecule has 3 fully saturated rings. The number of phenolic OH excluding ortho intramolecular Hbond substituents is 1. The second-order valence-corrected chi connectivity index (χ2v) is 21.3. The summed E-state index contributed by atoms with van der Waals surface area (Å²) in [6.45, 7) is 6.57. The van der Waals surface area contributed by atoms with Crippen LogP contribution in [0, 0.1) is 11.8 Å². The Balaban J connectivity index is 1.73. The van der Waals surface area contributed by atoms with Crippen LogP contribution in [-0.2, 0) is 33.6 Å². The van der Waals surface area contributed by atoms with Crippen LogP contribution in [0.4, 0.5) is 0 Å². The third-order valence-electron chi connectivity index (χ3n) is 14.8. The van der Waals surface area contributed by atoms with Gasteiger partial charge in [-0.15, -0.1) is 0 Å². The summed E-state index contributed by atoms with van der Waals surface area (Å²) < 4.78 is 0. The number of unbranched alkanes of at least 4 members (excludes halogenated alkanes) is 5. The Morgan fingerprint density at radius 3 is 1.79 bits per heavy atom. The zero-order chi connectivity index (χ0) is 57.1. The SMILES string of the molecule is CC[C@H](C)C[C@H](C)CCCCCCCCC(=O)NC1C[C@@H](O)[C@@H](NCCN)NC(=O)[C@@H]2C[C@@H](O)CN2C(=O)[C@H]([C@H](O)CCN)NC(=O)[C@H]([C@H](O)[C@@H](O)c2ccc(O)cc2)NC(=O)[C@@H]2C[C@@H](O)CN2C(=O)[C@H]([C@@H](C)O)NC1=O. The van der Waals surface area contributed by atoms with Crippen LogP contribution < -0.4 is 43.4 Å². The Morgan fingerprint density at radius 2 is 1.22 bits per heavy atom. The third-order valence-corrected chi connectivity index (χ3v) is 14.8. The number of nitrogens with zero attached hydrogens (tertiary/aromatic N) is 2. The zero-order valence-corrected chi connectivity index (χ0v) is 45.0. The molecular weight excluding hydrogens is 1000 g/mol. The molecule has 1 aromatic rings. The van der Waals surface area contributed by atoms with E-state index in [0.29, 0.717) is 24.7 Å². The van der Waals surface area contributed by atoms with Gasteiger partial charge in [0.25, 0.3) is 0 Å². The van der Waals surface area contributed by atoms with Gasteiger partial charge in [-0.05, 0) is 62.3 Å². The van der Waals surface area contributed by atoms with Gasteiger partial charge in [0.15, 0.2) is 0 Å². The van der Waals surface area contributed by atoms with E-state index in [1.54, 1.807) is 0 Å². The van der Waals surface area contributed by atoms with Gasteiger partial charge < -0.3 is 88.7 Å². The number of amides is 7. The molecule has 16 atom stereocenters. The minimum atomic E-state index is -2.28. The summed E-state index contributed by atoms with van der Waals surface area (Å²) in [5.74, 6) is -6.33. The molecule has 25 nitrogen and oxygen atoms in total. The molecule has 0 spiro atoms. The van der Waals surface area contributed by atoms with E-state index in [0.717, 1.165) is 55.2 Å². The number of nitrogens with one attached hydrogen (secondary N) is 6. The molecule has 25 heteroatoms. The Labute approximate surface area is 450 Å². The molecule has 3 saturated heterocycles. The van der Waals surface area contributed by atoms with Crippen molar-refractivity contribution in [3.8, 4) is 5.75 Å². The van der Waals surface area contributed by atoms with Gasteiger partial charge in [-0.3, -0.25) is 38.9 Å². The maximum Gasteiger partial charge on any atom is 0.248 e. The highest BCUT2D eigenvalue weighted by atomic mass is 16.3. The van der Waals surface area contributed by atoms with Crippen molar-refractivity contribution in [1.82, 2.24) is 41.7 Å². The van der Waals surface area contributed by atoms with Crippen LogP contribution in [0.2, 0.25) is 0 Å². The summed E-state index contributed by atoms with van der Waals surface area (Å²) in [6, 6.07) is -6.18. The molecule has 77 heavy (non-hydrogen) atoms. The van der Waals surface area contributed by atoms with Crippen LogP contribution in [0.25, 0.3) is 0 Å². The molecule has 1 aromatic carbocycles. The molecule has 3 heterocycles. The van der Waals surface area contributed by atoms with Crippen LogP contribution >= 0.6 is 0 Å². The minimum Gasteiger partial charge on any atom is -0.508 e. The van der Waals surface area contributed by atoms with Crippen molar-refractivity contribution < 1.29 is 74.4 Å². The predicted octanol–water partition coefficient (Wildman–Crippen LogP) is -3.31. The number of rotatable bonds is 23. The molecule has 0 bridgehead atoms. The maximum atomic E-state index is 14.6. The number of carbonyl (C=O) groups excluding carboxylic acids is 7. The minimum absolute atomic E-state index is 0.0202. The highest BCUT2D eigenvalue weighted by Gasteiger charge is 2.48. The van der Waals surface area contributed by atoms with E-state index >= 15 is 0 Å². The van der Waals surface area contributed by atoms with Gasteiger partial charge in [0.1, 0.15) is 60.4 Å². The fourth-order valence-electron chi connectivity index (χ4n) is 10.2. The number of fused-ring (bicyclic) bond motifs is 2. The molecule has 436 valence electrons. The number of carbonyl (C=O) groups is 7. The molecule has 0 aliphatic carbocycles. The Bertz CT molecular complexity index is 2070. The molecule has 1 unspecified atom stereocenters. The van der Waals surface area contributed by atoms with E-state index in [4.69, 9.17) is 11.5 Å². The summed E-state index contributed by atoms with van der Waals surface area (Å²) in [4.78, 5) is 102. The molecule has 0 saturated carbocycles. The molecule has 0 radical (unpaired) electrons. The third kappa shape index (κ3) is 19.1. The first-order valence-electron chi connectivity index (χ1n) is 27.3. The Morgan fingerprint density at radius 1 is 0.675 bits per heavy atom. The first-order chi connectivity index (χ1) is 36.5. The predicted molar refractivity (Wildman–Crippen MR) is 280 cm³/mol. The molecule has 3 aliphatic rings. The number of phenols is 1. The zero-order valence-electron chi connectivity index (χ0n) is 45.0. The maximum absolute atomic E-state index is 14.6. The molecule has 18 N–H and O–H groups in total. The van der Waals surface area contributed by atoms with E-state index in [-0.39, 0.29) is 50.2 Å². The van der Waals surface area contributed by atoms with Crippen molar-refractivity contribution in [2.24, 2.45) is 23.3 Å². The fraction of sp³-hybridized carbons (Fsp3) is 0.750. The van der Waals surface area contributed by atoms with E-state index in [1.807, 2.05) is 0 Å². The normalized spacial score (nSPS) is 28.6. The monoisotopic (exact) mass is 1090 g/mol. The van der Waals surface area contributed by atoms with Crippen LogP contribution in [0.3, 0.4) is 0 Å². The highest BCUT2D eigenvalue weighted by molar-refractivity contribution is 5.98. The van der Waals surface area contributed by atoms with Crippen LogP contribution in [0.5, 0.6) is 5.75 Å². The Hall–Kier alpha value is -5.09. The standard InChI is InChI=1S/C52H88N10O15/c1-5-28(2)22-29(3)12-10-8-6-7-9-11-13-40(69)56-35-25-39(68)46(55-21-20-54)60-49(74)37-24-34(66)27-62(37)52(77)42(38(67)18-19-53)58-50(75)43(45(71)44(70)31-14-16-32(64)17-15-31)59-48(73)36-23-33(65)26-61(36)51(76)41(30(4)63)57-47(35)72/h14-17,28-30,33-39,41-46,55,63-68,70-71H,5-13,18-27,53-54H2,1-4H3,(H,56,69)(H,57,72)(H,58,75)(H,59,73)(H,60,74)/t28-,29+,30+,33+,34+,35?,36-,37-,38+,39+,41-,42-,43-,44-,45-,46-/m0/s1. The molecule has 3 aliphatic heterocycles. The van der Waals surface area contributed by atoms with Crippen LogP contribution in [0.1, 0.15) is 129 Å². The fourth-order valence-corrected chi connectivity index (χ4v) is 10.2. The summed E-state index contributed by atoms with van der Waals surface area (Å²) in [6.07, 6.45) is -6.83. The van der Waals surface area contributed by atoms with Gasteiger partial charge in [0.2, 0.25) is 41.4 Å². The second-order valence-electron chi connectivity index (χ2n) is 21.3. The first kappa shape index (κ1) is 64.4. The van der Waals surface area contributed by atoms with Gasteiger partial charge in [-0.2, -0.15) is 0 Å². The van der Waals surface area contributed by atoms with E-state index in [9.17, 15) is 74.4 Å². The summed E-state index contributed by atoms with van der Waals surface area (Å²) in [7, 11) is 0. The molecule has 7 amide bonds. The number of hydrogen-bond acceptors (Lipinski definition) is 18. The van der Waals surface area contributed by atoms with Gasteiger partial charge in [-0.1, -0.05) is 77.8 Å². The average molecular weight is 1090 g/mol. The van der Waals surface area contributed by atoms with E-state index in [1.165, 1.54) is 30.7 Å². The number of aliphatic hydroxyl groups excluding tert-OH is 7. The van der Waals surface area contributed by atoms with Crippen LogP contribution in [0.15, 0.2) is 24.3 Å². The number of nitrogens with two attached hydrogens (primary N) is 2. The number of aliphatic hydroxyl groups is 7. The lowest BCUT2D eigenvalue weighted by Crippen LogP contribution is -2.64. The smallest absolute Gasteiger partial charge is 0.248 e. The first-order valence-corrected chi connectivity index (χ1v) is 27.3. The van der Waals surface area contributed by atoms with Gasteiger partial charge in [0, 0.05) is 51.9 Å². The highest BCUT2D eigenvalue weighted by Crippen LogP contribution is 2.27. The number of aromatic hydroxyl groups is 1. The van der Waals surface area contributed by atoms with E-state index in [2.05, 4.69) is 52.7 Å². The van der Waals surface area contributed by atoms with Crippen molar-refractivity contribution in [1.29, 1.82) is 0 Å². The Kier molecular flexibility index (Phi) is 26.4. The van der Waals surface area contributed by atoms with Crippen molar-refractivity contribution in [3.63, 3.8) is 0 Å². The van der Waals surface area contributed by atoms with Crippen LogP contribution in [-0.4, -0.2) is 204 Å². The summed E-state index contributed by atoms with van der Waals surface area (Å²) in [5.41, 5.74) is 11.5. The van der Waals surface area contributed by atoms with Crippen molar-refractivity contribution >= 4 is 41.4 Å². The van der Waals surface area contributed by atoms with Gasteiger partial charge in [-0.25, -0.2) is 0 Å². The molecule has 0 aromatic heterocycles. The lowest BCUT2D eigenvalue weighted by molar-refractivity contribution is -0.147. The van der Waals surface area contributed by atoms with E-state index < -0.39 is 152 Å². The molecular formula is C52H88N10O15. The van der Waals surface area contributed by atoms with Gasteiger partial charge in [0.05, 0.1) is 30.5 Å². The van der Waals surface area contributed by atoms with Gasteiger partial charge >= 0.3 is 0 Å². The quantitative estimate of drug-likeness (QED) is 0.0477. The summed E-state index contributed by atoms with van der Waals surface area (Å²) >= 11 is 0. The molecule has 4 rings (SSSR count). The second kappa shape index (κ2) is 31.5. The van der Waals surface area contributed by atoms with Crippen molar-refractivity contribution in [3.05, 3.63) is 29.8 Å².